The maximum absolute atomic E-state index is 6.04. The van der Waals surface area contributed by atoms with Gasteiger partial charge >= 0.3 is 0 Å². The lowest BCUT2D eigenvalue weighted by Gasteiger charge is -2.06. The van der Waals surface area contributed by atoms with Gasteiger partial charge < -0.3 is 5.73 Å². The van der Waals surface area contributed by atoms with Gasteiger partial charge in [0.05, 0.1) is 0 Å². The van der Waals surface area contributed by atoms with E-state index in [9.17, 15) is 0 Å². The second-order valence-electron chi connectivity index (χ2n) is 4.06. The molecule has 17 heavy (non-hydrogen) atoms. The van der Waals surface area contributed by atoms with Gasteiger partial charge in [0.1, 0.15) is 0 Å². The van der Waals surface area contributed by atoms with Crippen molar-refractivity contribution in [2.45, 2.75) is 0 Å². The average molecular weight is 351 g/mol. The van der Waals surface area contributed by atoms with Crippen LogP contribution in [-0.2, 0) is 0 Å². The summed E-state index contributed by atoms with van der Waals surface area (Å²) in [6, 6.07) is 14.6. The van der Waals surface area contributed by atoms with Crippen LogP contribution >= 0.6 is 31.9 Å². The largest absolute Gasteiger partial charge is 0.398 e. The summed E-state index contributed by atoms with van der Waals surface area (Å²) >= 11 is 6.96. The van der Waals surface area contributed by atoms with Crippen LogP contribution in [0.25, 0.3) is 21.5 Å². The van der Waals surface area contributed by atoms with Gasteiger partial charge in [0, 0.05) is 20.0 Å². The molecular formula is C14H9Br2N. The molecule has 3 heteroatoms. The van der Waals surface area contributed by atoms with Crippen LogP contribution in [0.5, 0.6) is 0 Å². The predicted molar refractivity (Wildman–Crippen MR) is 81.3 cm³/mol. The zero-order valence-electron chi connectivity index (χ0n) is 8.87. The summed E-state index contributed by atoms with van der Waals surface area (Å²) in [6.07, 6.45) is 0. The number of halogens is 2. The monoisotopic (exact) mass is 349 g/mol. The molecule has 2 N–H and O–H groups in total. The molecular weight excluding hydrogens is 342 g/mol. The van der Waals surface area contributed by atoms with Crippen molar-refractivity contribution >= 4 is 59.1 Å². The third-order valence-corrected chi connectivity index (χ3v) is 3.82. The molecule has 0 aliphatic carbocycles. The second kappa shape index (κ2) is 4.00. The van der Waals surface area contributed by atoms with Crippen LogP contribution in [0.1, 0.15) is 0 Å². The Morgan fingerprint density at radius 2 is 1.47 bits per heavy atom. The Bertz CT molecular complexity index is 735. The summed E-state index contributed by atoms with van der Waals surface area (Å²) in [5.74, 6) is 0. The van der Waals surface area contributed by atoms with E-state index in [1.165, 1.54) is 10.8 Å². The van der Waals surface area contributed by atoms with E-state index in [4.69, 9.17) is 5.73 Å². The molecule has 0 heterocycles. The molecule has 3 rings (SSSR count). The molecule has 0 spiro atoms. The summed E-state index contributed by atoms with van der Waals surface area (Å²) in [6.45, 7) is 0. The van der Waals surface area contributed by atoms with Crippen LogP contribution in [0, 0.1) is 0 Å². The first-order chi connectivity index (χ1) is 8.13. The summed E-state index contributed by atoms with van der Waals surface area (Å²) < 4.78 is 2.10. The van der Waals surface area contributed by atoms with Crippen molar-refractivity contribution in [2.24, 2.45) is 0 Å². The highest BCUT2D eigenvalue weighted by atomic mass is 79.9. The van der Waals surface area contributed by atoms with Gasteiger partial charge in [0.15, 0.2) is 0 Å². The van der Waals surface area contributed by atoms with E-state index in [0.717, 1.165) is 25.4 Å². The minimum absolute atomic E-state index is 0.802. The minimum Gasteiger partial charge on any atom is -0.398 e. The van der Waals surface area contributed by atoms with Gasteiger partial charge in [-0.2, -0.15) is 0 Å². The molecule has 0 saturated carbocycles. The average Bonchev–Trinajstić information content (AvgIpc) is 2.27. The topological polar surface area (TPSA) is 26.0 Å². The third kappa shape index (κ3) is 1.94. The van der Waals surface area contributed by atoms with Gasteiger partial charge in [-0.3, -0.25) is 0 Å². The highest BCUT2D eigenvalue weighted by molar-refractivity contribution is 9.10. The number of nitrogens with two attached hydrogens (primary N) is 1. The standard InChI is InChI=1S/C14H9Br2N/c15-11-2-1-8-3-10-5-12(16)7-14(17)13(10)6-9(8)4-11/h1-7H,17H2. The third-order valence-electron chi connectivity index (χ3n) is 2.87. The van der Waals surface area contributed by atoms with Crippen LogP contribution in [0.4, 0.5) is 5.69 Å². The van der Waals surface area contributed by atoms with E-state index in [0.29, 0.717) is 0 Å². The highest BCUT2D eigenvalue weighted by Gasteiger charge is 2.03. The van der Waals surface area contributed by atoms with Crippen molar-refractivity contribution < 1.29 is 0 Å². The zero-order chi connectivity index (χ0) is 12.0. The lowest BCUT2D eigenvalue weighted by atomic mass is 10.0. The van der Waals surface area contributed by atoms with E-state index < -0.39 is 0 Å². The number of rotatable bonds is 0. The summed E-state index contributed by atoms with van der Waals surface area (Å²) in [4.78, 5) is 0. The maximum atomic E-state index is 6.04. The number of hydrogen-bond acceptors (Lipinski definition) is 1. The predicted octanol–water partition coefficient (Wildman–Crippen LogP) is 5.10. The van der Waals surface area contributed by atoms with Crippen molar-refractivity contribution in [3.63, 3.8) is 0 Å². The Kier molecular flexibility index (Phi) is 2.60. The molecule has 0 aromatic heterocycles. The Morgan fingerprint density at radius 3 is 2.29 bits per heavy atom. The number of hydrogen-bond donors (Lipinski definition) is 1. The Labute approximate surface area is 116 Å². The van der Waals surface area contributed by atoms with E-state index in [2.05, 4.69) is 68.3 Å². The summed E-state index contributed by atoms with van der Waals surface area (Å²) in [5.41, 5.74) is 6.85. The van der Waals surface area contributed by atoms with Crippen LogP contribution in [-0.4, -0.2) is 0 Å². The van der Waals surface area contributed by atoms with Crippen LogP contribution in [0.3, 0.4) is 0 Å². The summed E-state index contributed by atoms with van der Waals surface area (Å²) in [5, 5.41) is 4.67. The SMILES string of the molecule is Nc1cc(Br)cc2cc3ccc(Br)cc3cc12. The molecule has 3 aromatic rings. The van der Waals surface area contributed by atoms with E-state index in [-0.39, 0.29) is 0 Å². The number of benzene rings is 3. The molecule has 0 fully saturated rings. The summed E-state index contributed by atoms with van der Waals surface area (Å²) in [7, 11) is 0. The molecule has 0 unspecified atom stereocenters. The second-order valence-corrected chi connectivity index (χ2v) is 5.89. The molecule has 0 atom stereocenters. The van der Waals surface area contributed by atoms with Gasteiger partial charge in [-0.15, -0.1) is 0 Å². The fraction of sp³-hybridized carbons (Fsp3) is 0. The number of fused-ring (bicyclic) bond motifs is 2. The number of nitrogen functional groups attached to an aromatic ring is 1. The molecule has 0 amide bonds. The molecule has 3 aromatic carbocycles. The van der Waals surface area contributed by atoms with Crippen molar-refractivity contribution in [2.75, 3.05) is 5.73 Å². The first-order valence-electron chi connectivity index (χ1n) is 5.21. The lowest BCUT2D eigenvalue weighted by Crippen LogP contribution is -1.87. The first kappa shape index (κ1) is 11.1. The molecule has 0 radical (unpaired) electrons. The molecule has 0 aliphatic heterocycles. The van der Waals surface area contributed by atoms with Gasteiger partial charge in [0.2, 0.25) is 0 Å². The van der Waals surface area contributed by atoms with Gasteiger partial charge in [-0.05, 0) is 52.6 Å². The fourth-order valence-corrected chi connectivity index (χ4v) is 2.94. The normalized spacial score (nSPS) is 11.2. The van der Waals surface area contributed by atoms with Crippen molar-refractivity contribution in [1.82, 2.24) is 0 Å². The number of anilines is 1. The molecule has 84 valence electrons. The fourth-order valence-electron chi connectivity index (χ4n) is 2.07. The van der Waals surface area contributed by atoms with Crippen LogP contribution in [0.2, 0.25) is 0 Å². The van der Waals surface area contributed by atoms with E-state index in [1.807, 2.05) is 6.07 Å². The van der Waals surface area contributed by atoms with Gasteiger partial charge in [-0.25, -0.2) is 0 Å². The lowest BCUT2D eigenvalue weighted by molar-refractivity contribution is 1.69. The van der Waals surface area contributed by atoms with Crippen LogP contribution in [0.15, 0.2) is 51.4 Å². The molecule has 0 aliphatic rings. The molecule has 0 saturated heterocycles. The Balaban J connectivity index is 2.48. The van der Waals surface area contributed by atoms with E-state index >= 15 is 0 Å². The van der Waals surface area contributed by atoms with Crippen molar-refractivity contribution in [3.8, 4) is 0 Å². The zero-order valence-corrected chi connectivity index (χ0v) is 12.0. The molecule has 0 bridgehead atoms. The quantitative estimate of drug-likeness (QED) is 0.443. The minimum atomic E-state index is 0.802. The van der Waals surface area contributed by atoms with Crippen molar-refractivity contribution in [3.05, 3.63) is 51.4 Å². The van der Waals surface area contributed by atoms with E-state index in [1.54, 1.807) is 0 Å². The van der Waals surface area contributed by atoms with Crippen molar-refractivity contribution in [1.29, 1.82) is 0 Å². The van der Waals surface area contributed by atoms with Crippen LogP contribution < -0.4 is 5.73 Å². The highest BCUT2D eigenvalue weighted by Crippen LogP contribution is 2.31. The smallest absolute Gasteiger partial charge is 0.0405 e. The molecule has 1 nitrogen and oxygen atoms in total. The van der Waals surface area contributed by atoms with Gasteiger partial charge in [-0.1, -0.05) is 37.9 Å². The first-order valence-corrected chi connectivity index (χ1v) is 6.80. The maximum Gasteiger partial charge on any atom is 0.0405 e. The Morgan fingerprint density at radius 1 is 0.706 bits per heavy atom. The van der Waals surface area contributed by atoms with Gasteiger partial charge in [0.25, 0.3) is 0 Å². The Hall–Kier alpha value is -1.06.